The maximum atomic E-state index is 12.4. The van der Waals surface area contributed by atoms with Crippen LogP contribution in [0.15, 0.2) is 89.3 Å². The van der Waals surface area contributed by atoms with Gasteiger partial charge in [0.1, 0.15) is 11.3 Å². The molecule has 0 bridgehead atoms. The van der Waals surface area contributed by atoms with Crippen LogP contribution in [0.5, 0.6) is 5.75 Å². The molecule has 1 atom stereocenters. The van der Waals surface area contributed by atoms with E-state index in [9.17, 15) is 4.79 Å². The predicted octanol–water partition coefficient (Wildman–Crippen LogP) is 7.18. The summed E-state index contributed by atoms with van der Waals surface area (Å²) in [4.78, 5) is 17.0. The summed E-state index contributed by atoms with van der Waals surface area (Å²) in [7, 11) is 0. The zero-order valence-corrected chi connectivity index (χ0v) is 19.2. The van der Waals surface area contributed by atoms with E-state index in [1.54, 1.807) is 6.07 Å². The lowest BCUT2D eigenvalue weighted by Gasteiger charge is -2.11. The lowest BCUT2D eigenvalue weighted by atomic mass is 9.99. The standard InChI is InChI=1S/C29H26N2O3/c1-3-19(2)20-10-13-25(14-11-20)33-18-28(32)30-24-12-15-27-26(17-24)31-29(34-27)23-9-8-21-6-4-5-7-22(21)16-23/h4-17,19H,3,18H2,1-2H3,(H,30,32)/t19-/m1/s1. The van der Waals surface area contributed by atoms with Gasteiger partial charge in [-0.15, -0.1) is 0 Å². The third-order valence-corrected chi connectivity index (χ3v) is 6.10. The number of oxazole rings is 1. The molecule has 5 aromatic rings. The van der Waals surface area contributed by atoms with Crippen molar-refractivity contribution in [2.24, 2.45) is 0 Å². The molecular weight excluding hydrogens is 424 g/mol. The van der Waals surface area contributed by atoms with E-state index < -0.39 is 0 Å². The van der Waals surface area contributed by atoms with Gasteiger partial charge >= 0.3 is 0 Å². The van der Waals surface area contributed by atoms with Gasteiger partial charge in [-0.2, -0.15) is 0 Å². The molecule has 0 unspecified atom stereocenters. The molecule has 5 rings (SSSR count). The third kappa shape index (κ3) is 4.64. The van der Waals surface area contributed by atoms with Crippen molar-refractivity contribution < 1.29 is 13.9 Å². The summed E-state index contributed by atoms with van der Waals surface area (Å²) in [5.41, 5.74) is 4.17. The molecule has 0 radical (unpaired) electrons. The highest BCUT2D eigenvalue weighted by atomic mass is 16.5. The van der Waals surface area contributed by atoms with Gasteiger partial charge in [0.2, 0.25) is 5.89 Å². The first-order valence-corrected chi connectivity index (χ1v) is 11.5. The van der Waals surface area contributed by atoms with Crippen molar-refractivity contribution in [3.63, 3.8) is 0 Å². The molecule has 170 valence electrons. The molecule has 0 aliphatic rings. The van der Waals surface area contributed by atoms with Crippen LogP contribution in [0.25, 0.3) is 33.3 Å². The van der Waals surface area contributed by atoms with E-state index in [4.69, 9.17) is 9.15 Å². The highest BCUT2D eigenvalue weighted by molar-refractivity contribution is 5.94. The summed E-state index contributed by atoms with van der Waals surface area (Å²) < 4.78 is 11.6. The number of nitrogens with one attached hydrogen (secondary N) is 1. The first-order chi connectivity index (χ1) is 16.6. The van der Waals surface area contributed by atoms with Crippen LogP contribution >= 0.6 is 0 Å². The van der Waals surface area contributed by atoms with Crippen LogP contribution in [0.2, 0.25) is 0 Å². The van der Waals surface area contributed by atoms with Gasteiger partial charge in [-0.1, -0.05) is 56.3 Å². The van der Waals surface area contributed by atoms with Crippen molar-refractivity contribution in [3.05, 3.63) is 90.5 Å². The monoisotopic (exact) mass is 450 g/mol. The van der Waals surface area contributed by atoms with Crippen molar-refractivity contribution >= 4 is 33.5 Å². The number of amides is 1. The number of hydrogen-bond donors (Lipinski definition) is 1. The molecule has 0 aliphatic heterocycles. The number of ether oxygens (including phenoxy) is 1. The molecule has 5 heteroatoms. The number of hydrogen-bond acceptors (Lipinski definition) is 4. The molecule has 5 nitrogen and oxygen atoms in total. The van der Waals surface area contributed by atoms with Crippen molar-refractivity contribution in [2.45, 2.75) is 26.2 Å². The summed E-state index contributed by atoms with van der Waals surface area (Å²) in [6.07, 6.45) is 1.09. The molecule has 0 saturated carbocycles. The maximum Gasteiger partial charge on any atom is 0.262 e. The first kappa shape index (κ1) is 21.7. The molecule has 0 fully saturated rings. The van der Waals surface area contributed by atoms with Crippen LogP contribution < -0.4 is 10.1 Å². The average molecular weight is 451 g/mol. The minimum atomic E-state index is -0.233. The maximum absolute atomic E-state index is 12.4. The number of carbonyl (C=O) groups is 1. The summed E-state index contributed by atoms with van der Waals surface area (Å²) in [5, 5.41) is 5.17. The summed E-state index contributed by atoms with van der Waals surface area (Å²) in [6.45, 7) is 4.29. The molecule has 1 N–H and O–H groups in total. The van der Waals surface area contributed by atoms with Gasteiger partial charge in [-0.3, -0.25) is 4.79 Å². The van der Waals surface area contributed by atoms with Crippen LogP contribution in [0, 0.1) is 0 Å². The smallest absolute Gasteiger partial charge is 0.262 e. The number of nitrogens with zero attached hydrogens (tertiary/aromatic N) is 1. The minimum Gasteiger partial charge on any atom is -0.484 e. The SMILES string of the molecule is CC[C@@H](C)c1ccc(OCC(=O)Nc2ccc3oc(-c4ccc5ccccc5c4)nc3c2)cc1. The van der Waals surface area contributed by atoms with Crippen LogP contribution in [-0.4, -0.2) is 17.5 Å². The Labute approximate surface area is 198 Å². The molecule has 0 aliphatic carbocycles. The Bertz CT molecular complexity index is 1450. The van der Waals surface area contributed by atoms with E-state index in [1.165, 1.54) is 10.9 Å². The second-order valence-corrected chi connectivity index (χ2v) is 8.48. The molecule has 34 heavy (non-hydrogen) atoms. The van der Waals surface area contributed by atoms with Gasteiger partial charge in [-0.05, 0) is 71.1 Å². The highest BCUT2D eigenvalue weighted by Gasteiger charge is 2.11. The molecule has 0 saturated heterocycles. The first-order valence-electron chi connectivity index (χ1n) is 11.5. The Balaban J connectivity index is 1.25. The van der Waals surface area contributed by atoms with Gasteiger partial charge < -0.3 is 14.5 Å². The zero-order chi connectivity index (χ0) is 23.5. The fourth-order valence-corrected chi connectivity index (χ4v) is 3.93. The van der Waals surface area contributed by atoms with Crippen molar-refractivity contribution in [1.29, 1.82) is 0 Å². The van der Waals surface area contributed by atoms with E-state index in [1.807, 2.05) is 54.6 Å². The van der Waals surface area contributed by atoms with Gasteiger partial charge in [0.15, 0.2) is 12.2 Å². The van der Waals surface area contributed by atoms with Crippen molar-refractivity contribution in [3.8, 4) is 17.2 Å². The van der Waals surface area contributed by atoms with Crippen LogP contribution in [0.1, 0.15) is 31.7 Å². The minimum absolute atomic E-state index is 0.0676. The number of anilines is 1. The summed E-state index contributed by atoms with van der Waals surface area (Å²) >= 11 is 0. The quantitative estimate of drug-likeness (QED) is 0.285. The van der Waals surface area contributed by atoms with Gasteiger partial charge in [0.05, 0.1) is 0 Å². The van der Waals surface area contributed by atoms with Crippen LogP contribution in [0.4, 0.5) is 5.69 Å². The van der Waals surface area contributed by atoms with Crippen molar-refractivity contribution in [1.82, 2.24) is 4.98 Å². The number of rotatable bonds is 7. The molecule has 0 spiro atoms. The molecule has 1 heterocycles. The lowest BCUT2D eigenvalue weighted by Crippen LogP contribution is -2.20. The Morgan fingerprint density at radius 1 is 0.971 bits per heavy atom. The highest BCUT2D eigenvalue weighted by Crippen LogP contribution is 2.28. The Morgan fingerprint density at radius 2 is 1.76 bits per heavy atom. The predicted molar refractivity (Wildman–Crippen MR) is 136 cm³/mol. The van der Waals surface area contributed by atoms with Gasteiger partial charge in [0, 0.05) is 11.3 Å². The molecular formula is C29H26N2O3. The fourth-order valence-electron chi connectivity index (χ4n) is 3.93. The lowest BCUT2D eigenvalue weighted by molar-refractivity contribution is -0.118. The van der Waals surface area contributed by atoms with E-state index in [0.29, 0.717) is 34.3 Å². The second kappa shape index (κ2) is 9.40. The zero-order valence-electron chi connectivity index (χ0n) is 19.2. The number of fused-ring (bicyclic) bond motifs is 2. The Morgan fingerprint density at radius 3 is 2.56 bits per heavy atom. The number of aromatic nitrogens is 1. The van der Waals surface area contributed by atoms with Gasteiger partial charge in [0.25, 0.3) is 5.91 Å². The largest absolute Gasteiger partial charge is 0.484 e. The van der Waals surface area contributed by atoms with Crippen molar-refractivity contribution in [2.75, 3.05) is 11.9 Å². The van der Waals surface area contributed by atoms with E-state index in [-0.39, 0.29) is 12.5 Å². The topological polar surface area (TPSA) is 64.4 Å². The average Bonchev–Trinajstić information content (AvgIpc) is 3.30. The molecule has 4 aromatic carbocycles. The number of carbonyl (C=O) groups excluding carboxylic acids is 1. The Hall–Kier alpha value is -4.12. The number of benzene rings is 4. The van der Waals surface area contributed by atoms with E-state index in [2.05, 4.69) is 48.4 Å². The third-order valence-electron chi connectivity index (χ3n) is 6.10. The van der Waals surface area contributed by atoms with E-state index in [0.717, 1.165) is 17.4 Å². The second-order valence-electron chi connectivity index (χ2n) is 8.48. The molecule has 1 aromatic heterocycles. The Kier molecular flexibility index (Phi) is 6.00. The fraction of sp³-hybridized carbons (Fsp3) is 0.172. The summed E-state index contributed by atoms with van der Waals surface area (Å²) in [6, 6.07) is 27.6. The van der Waals surface area contributed by atoms with Crippen LogP contribution in [-0.2, 0) is 4.79 Å². The van der Waals surface area contributed by atoms with E-state index >= 15 is 0 Å². The molecule has 1 amide bonds. The van der Waals surface area contributed by atoms with Crippen LogP contribution in [0.3, 0.4) is 0 Å². The summed E-state index contributed by atoms with van der Waals surface area (Å²) in [5.74, 6) is 1.50. The van der Waals surface area contributed by atoms with Gasteiger partial charge in [-0.25, -0.2) is 4.98 Å². The normalized spacial score (nSPS) is 12.1.